The SMILES string of the molecule is NC(=O)c1cccc(Nc2nccc(NCCc3ccccc3)n2)c1. The van der Waals surface area contributed by atoms with Crippen molar-refractivity contribution < 1.29 is 4.79 Å². The molecule has 0 unspecified atom stereocenters. The average Bonchev–Trinajstić information content (AvgIpc) is 2.63. The molecule has 6 nitrogen and oxygen atoms in total. The number of aromatic nitrogens is 2. The highest BCUT2D eigenvalue weighted by Gasteiger charge is 2.04. The number of amides is 1. The summed E-state index contributed by atoms with van der Waals surface area (Å²) in [6, 6.07) is 19.0. The highest BCUT2D eigenvalue weighted by molar-refractivity contribution is 5.93. The quantitative estimate of drug-likeness (QED) is 0.618. The Balaban J connectivity index is 1.61. The maximum absolute atomic E-state index is 11.2. The van der Waals surface area contributed by atoms with Crippen molar-refractivity contribution in [2.24, 2.45) is 5.73 Å². The van der Waals surface area contributed by atoms with E-state index in [1.54, 1.807) is 24.4 Å². The first-order valence-electron chi connectivity index (χ1n) is 7.98. The Hall–Kier alpha value is -3.41. The molecule has 3 aromatic rings. The molecule has 0 atom stereocenters. The second-order valence-corrected chi connectivity index (χ2v) is 5.50. The first kappa shape index (κ1) is 16.4. The highest BCUT2D eigenvalue weighted by Crippen LogP contribution is 2.15. The van der Waals surface area contributed by atoms with Gasteiger partial charge in [0.05, 0.1) is 0 Å². The van der Waals surface area contributed by atoms with E-state index in [0.29, 0.717) is 17.2 Å². The lowest BCUT2D eigenvalue weighted by atomic mass is 10.1. The molecular weight excluding hydrogens is 314 g/mol. The second kappa shape index (κ2) is 7.92. The number of hydrogen-bond acceptors (Lipinski definition) is 5. The molecular formula is C19H19N5O. The average molecular weight is 333 g/mol. The van der Waals surface area contributed by atoms with Crippen molar-refractivity contribution in [1.29, 1.82) is 0 Å². The van der Waals surface area contributed by atoms with Crippen LogP contribution in [0.2, 0.25) is 0 Å². The summed E-state index contributed by atoms with van der Waals surface area (Å²) >= 11 is 0. The predicted octanol–water partition coefficient (Wildman–Crippen LogP) is 2.97. The van der Waals surface area contributed by atoms with Crippen molar-refractivity contribution in [3.8, 4) is 0 Å². The zero-order chi connectivity index (χ0) is 17.5. The number of hydrogen-bond donors (Lipinski definition) is 3. The van der Waals surface area contributed by atoms with E-state index in [-0.39, 0.29) is 0 Å². The van der Waals surface area contributed by atoms with Crippen LogP contribution in [-0.4, -0.2) is 22.4 Å². The molecule has 0 bridgehead atoms. The van der Waals surface area contributed by atoms with Crippen LogP contribution in [0.4, 0.5) is 17.5 Å². The van der Waals surface area contributed by atoms with E-state index in [2.05, 4.69) is 32.7 Å². The molecule has 6 heteroatoms. The van der Waals surface area contributed by atoms with Gasteiger partial charge in [-0.2, -0.15) is 4.98 Å². The number of carbonyl (C=O) groups excluding carboxylic acids is 1. The van der Waals surface area contributed by atoms with E-state index >= 15 is 0 Å². The van der Waals surface area contributed by atoms with Gasteiger partial charge in [0.25, 0.3) is 0 Å². The molecule has 126 valence electrons. The number of nitrogens with two attached hydrogens (primary N) is 1. The van der Waals surface area contributed by atoms with Gasteiger partial charge in [-0.3, -0.25) is 4.79 Å². The van der Waals surface area contributed by atoms with Gasteiger partial charge in [0.15, 0.2) is 0 Å². The Morgan fingerprint density at radius 3 is 2.68 bits per heavy atom. The fourth-order valence-electron chi connectivity index (χ4n) is 2.38. The first-order valence-corrected chi connectivity index (χ1v) is 7.98. The predicted molar refractivity (Wildman–Crippen MR) is 98.9 cm³/mol. The van der Waals surface area contributed by atoms with Gasteiger partial charge in [-0.15, -0.1) is 0 Å². The Bertz CT molecular complexity index is 851. The van der Waals surface area contributed by atoms with Crippen LogP contribution in [0.1, 0.15) is 15.9 Å². The minimum absolute atomic E-state index is 0.433. The third-order valence-corrected chi connectivity index (χ3v) is 3.62. The maximum atomic E-state index is 11.2. The molecule has 0 radical (unpaired) electrons. The van der Waals surface area contributed by atoms with Crippen LogP contribution in [0, 0.1) is 0 Å². The van der Waals surface area contributed by atoms with Crippen molar-refractivity contribution >= 4 is 23.4 Å². The summed E-state index contributed by atoms with van der Waals surface area (Å²) in [7, 11) is 0. The molecule has 3 rings (SSSR count). The van der Waals surface area contributed by atoms with Gasteiger partial charge in [-0.1, -0.05) is 36.4 Å². The first-order chi connectivity index (χ1) is 12.2. The van der Waals surface area contributed by atoms with Crippen LogP contribution in [0.3, 0.4) is 0 Å². The molecule has 0 aliphatic carbocycles. The number of rotatable bonds is 7. The van der Waals surface area contributed by atoms with Gasteiger partial charge in [-0.25, -0.2) is 4.98 Å². The van der Waals surface area contributed by atoms with Gasteiger partial charge in [-0.05, 0) is 36.2 Å². The minimum Gasteiger partial charge on any atom is -0.370 e. The molecule has 25 heavy (non-hydrogen) atoms. The minimum atomic E-state index is -0.471. The summed E-state index contributed by atoms with van der Waals surface area (Å²) in [5.74, 6) is 0.715. The van der Waals surface area contributed by atoms with Crippen molar-refractivity contribution in [2.45, 2.75) is 6.42 Å². The Morgan fingerprint density at radius 2 is 1.88 bits per heavy atom. The maximum Gasteiger partial charge on any atom is 0.248 e. The molecule has 1 heterocycles. The largest absolute Gasteiger partial charge is 0.370 e. The zero-order valence-electron chi connectivity index (χ0n) is 13.6. The van der Waals surface area contributed by atoms with Gasteiger partial charge in [0.2, 0.25) is 11.9 Å². The van der Waals surface area contributed by atoms with Crippen LogP contribution in [0.5, 0.6) is 0 Å². The second-order valence-electron chi connectivity index (χ2n) is 5.50. The van der Waals surface area contributed by atoms with Crippen LogP contribution in [0.15, 0.2) is 66.9 Å². The number of nitrogens with zero attached hydrogens (tertiary/aromatic N) is 2. The van der Waals surface area contributed by atoms with E-state index in [9.17, 15) is 4.79 Å². The third kappa shape index (κ3) is 4.78. The van der Waals surface area contributed by atoms with Crippen LogP contribution < -0.4 is 16.4 Å². The van der Waals surface area contributed by atoms with E-state index < -0.39 is 5.91 Å². The number of primary amides is 1. The number of benzene rings is 2. The van der Waals surface area contributed by atoms with Crippen molar-refractivity contribution in [3.63, 3.8) is 0 Å². The highest BCUT2D eigenvalue weighted by atomic mass is 16.1. The fourth-order valence-corrected chi connectivity index (χ4v) is 2.38. The Labute approximate surface area is 146 Å². The molecule has 1 aromatic heterocycles. The normalized spacial score (nSPS) is 10.2. The molecule has 4 N–H and O–H groups in total. The van der Waals surface area contributed by atoms with E-state index in [1.165, 1.54) is 5.56 Å². The van der Waals surface area contributed by atoms with Crippen molar-refractivity contribution in [3.05, 3.63) is 78.0 Å². The standard InChI is InChI=1S/C19H19N5O/c20-18(25)15-7-4-8-16(13-15)23-19-22-12-10-17(24-19)21-11-9-14-5-2-1-3-6-14/h1-8,10,12-13H,9,11H2,(H2,20,25)(H2,21,22,23,24). The summed E-state index contributed by atoms with van der Waals surface area (Å²) in [6.07, 6.45) is 2.59. The van der Waals surface area contributed by atoms with Crippen LogP contribution >= 0.6 is 0 Å². The van der Waals surface area contributed by atoms with E-state index in [4.69, 9.17) is 5.73 Å². The molecule has 0 fully saturated rings. The summed E-state index contributed by atoms with van der Waals surface area (Å²) in [5, 5.41) is 6.36. The lowest BCUT2D eigenvalue weighted by Crippen LogP contribution is -2.11. The number of nitrogens with one attached hydrogen (secondary N) is 2. The Morgan fingerprint density at radius 1 is 1.04 bits per heavy atom. The summed E-state index contributed by atoms with van der Waals surface area (Å²) < 4.78 is 0. The van der Waals surface area contributed by atoms with E-state index in [0.717, 1.165) is 18.8 Å². The Kier molecular flexibility index (Phi) is 5.21. The smallest absolute Gasteiger partial charge is 0.248 e. The van der Waals surface area contributed by atoms with Gasteiger partial charge < -0.3 is 16.4 Å². The summed E-state index contributed by atoms with van der Waals surface area (Å²) in [6.45, 7) is 0.775. The molecule has 0 aliphatic rings. The van der Waals surface area contributed by atoms with Gasteiger partial charge >= 0.3 is 0 Å². The van der Waals surface area contributed by atoms with Crippen LogP contribution in [0.25, 0.3) is 0 Å². The lowest BCUT2D eigenvalue weighted by molar-refractivity contribution is 0.100. The fraction of sp³-hybridized carbons (Fsp3) is 0.105. The molecule has 0 saturated carbocycles. The molecule has 0 saturated heterocycles. The molecule has 0 spiro atoms. The van der Waals surface area contributed by atoms with Crippen molar-refractivity contribution in [1.82, 2.24) is 9.97 Å². The van der Waals surface area contributed by atoms with Crippen LogP contribution in [-0.2, 0) is 6.42 Å². The lowest BCUT2D eigenvalue weighted by Gasteiger charge is -2.09. The molecule has 2 aromatic carbocycles. The van der Waals surface area contributed by atoms with Crippen molar-refractivity contribution in [2.75, 3.05) is 17.2 Å². The number of carbonyl (C=O) groups is 1. The van der Waals surface area contributed by atoms with E-state index in [1.807, 2.05) is 30.3 Å². The third-order valence-electron chi connectivity index (χ3n) is 3.62. The molecule has 0 aliphatic heterocycles. The zero-order valence-corrected chi connectivity index (χ0v) is 13.6. The van der Waals surface area contributed by atoms with Gasteiger partial charge in [0.1, 0.15) is 5.82 Å². The summed E-state index contributed by atoms with van der Waals surface area (Å²) in [4.78, 5) is 19.9. The monoisotopic (exact) mass is 333 g/mol. The van der Waals surface area contributed by atoms with Gasteiger partial charge in [0, 0.05) is 24.0 Å². The number of anilines is 3. The topological polar surface area (TPSA) is 92.9 Å². The summed E-state index contributed by atoms with van der Waals surface area (Å²) in [5.41, 5.74) is 7.70. The molecule has 1 amide bonds.